The molecule has 0 amide bonds. The molecule has 1 aromatic rings. The molecule has 76 valence electrons. The van der Waals surface area contributed by atoms with Gasteiger partial charge in [0, 0.05) is 5.25 Å². The average molecular weight is 227 g/mol. The molecule has 3 atom stereocenters. The van der Waals surface area contributed by atoms with E-state index < -0.39 is 0 Å². The maximum atomic E-state index is 11.5. The van der Waals surface area contributed by atoms with Crippen molar-refractivity contribution >= 4 is 28.9 Å². The number of Topliss-reactive ketones (excluding diaryl/α,β-unsaturated/α-hetero) is 1. The molecule has 2 rings (SSSR count). The third-order valence-electron chi connectivity index (χ3n) is 2.53. The normalized spacial score (nSPS) is 32.4. The summed E-state index contributed by atoms with van der Waals surface area (Å²) in [6.07, 6.45) is 0.922. The van der Waals surface area contributed by atoms with Crippen molar-refractivity contribution in [3.05, 3.63) is 22.4 Å². The lowest BCUT2D eigenvalue weighted by Gasteiger charge is -2.11. The molecule has 0 aliphatic carbocycles. The topological polar surface area (TPSA) is 43.1 Å². The molecule has 2 heterocycles. The van der Waals surface area contributed by atoms with Gasteiger partial charge in [-0.15, -0.1) is 11.8 Å². The van der Waals surface area contributed by atoms with Crippen LogP contribution in [0.15, 0.2) is 16.8 Å². The van der Waals surface area contributed by atoms with Crippen molar-refractivity contribution in [3.8, 4) is 0 Å². The summed E-state index contributed by atoms with van der Waals surface area (Å²) in [5, 5.41) is 4.53. The predicted octanol–water partition coefficient (Wildman–Crippen LogP) is 1.69. The Bertz CT molecular complexity index is 323. The van der Waals surface area contributed by atoms with Crippen molar-refractivity contribution in [2.45, 2.75) is 29.9 Å². The minimum atomic E-state index is -0.269. The highest BCUT2D eigenvalue weighted by Gasteiger charge is 2.37. The van der Waals surface area contributed by atoms with E-state index in [4.69, 9.17) is 5.73 Å². The SMILES string of the molecule is CC1SC(Cc2ccsc2)C(N)C1=O. The van der Waals surface area contributed by atoms with E-state index in [1.165, 1.54) is 5.56 Å². The van der Waals surface area contributed by atoms with Crippen molar-refractivity contribution in [1.29, 1.82) is 0 Å². The van der Waals surface area contributed by atoms with E-state index in [1.807, 2.05) is 6.92 Å². The highest BCUT2D eigenvalue weighted by molar-refractivity contribution is 8.01. The van der Waals surface area contributed by atoms with Crippen molar-refractivity contribution in [2.75, 3.05) is 0 Å². The minimum absolute atomic E-state index is 0.0774. The number of carbonyl (C=O) groups excluding carboxylic acids is 1. The molecule has 0 bridgehead atoms. The van der Waals surface area contributed by atoms with Crippen LogP contribution in [0.25, 0.3) is 0 Å². The maximum absolute atomic E-state index is 11.5. The molecule has 2 nitrogen and oxygen atoms in total. The van der Waals surface area contributed by atoms with Crippen LogP contribution < -0.4 is 5.73 Å². The Morgan fingerprint density at radius 3 is 2.86 bits per heavy atom. The zero-order valence-corrected chi connectivity index (χ0v) is 9.61. The molecule has 1 aliphatic rings. The lowest BCUT2D eigenvalue weighted by Crippen LogP contribution is -2.36. The highest BCUT2D eigenvalue weighted by Crippen LogP contribution is 2.32. The first-order chi connectivity index (χ1) is 6.68. The van der Waals surface area contributed by atoms with Crippen LogP contribution in [0.3, 0.4) is 0 Å². The molecule has 0 saturated carbocycles. The van der Waals surface area contributed by atoms with Crippen molar-refractivity contribution < 1.29 is 4.79 Å². The molecule has 1 aromatic heterocycles. The van der Waals surface area contributed by atoms with E-state index in [9.17, 15) is 4.79 Å². The Morgan fingerprint density at radius 1 is 1.57 bits per heavy atom. The van der Waals surface area contributed by atoms with Crippen LogP contribution in [-0.2, 0) is 11.2 Å². The van der Waals surface area contributed by atoms with E-state index in [0.717, 1.165) is 6.42 Å². The Morgan fingerprint density at radius 2 is 2.36 bits per heavy atom. The lowest BCUT2D eigenvalue weighted by atomic mass is 10.0. The van der Waals surface area contributed by atoms with Crippen LogP contribution in [0.5, 0.6) is 0 Å². The van der Waals surface area contributed by atoms with E-state index in [2.05, 4.69) is 16.8 Å². The van der Waals surface area contributed by atoms with Crippen LogP contribution in [0.2, 0.25) is 0 Å². The highest BCUT2D eigenvalue weighted by atomic mass is 32.2. The van der Waals surface area contributed by atoms with Crippen molar-refractivity contribution in [1.82, 2.24) is 0 Å². The number of nitrogens with two attached hydrogens (primary N) is 1. The van der Waals surface area contributed by atoms with Gasteiger partial charge in [-0.1, -0.05) is 0 Å². The van der Waals surface area contributed by atoms with Gasteiger partial charge in [-0.2, -0.15) is 11.3 Å². The minimum Gasteiger partial charge on any atom is -0.321 e. The number of carbonyl (C=O) groups is 1. The second-order valence-corrected chi connectivity index (χ2v) is 5.95. The first-order valence-electron chi connectivity index (χ1n) is 4.64. The molecule has 2 N–H and O–H groups in total. The van der Waals surface area contributed by atoms with Gasteiger partial charge >= 0.3 is 0 Å². The Balaban J connectivity index is 2.03. The van der Waals surface area contributed by atoms with Crippen LogP contribution >= 0.6 is 23.1 Å². The summed E-state index contributed by atoms with van der Waals surface area (Å²) in [6, 6.07) is 1.83. The van der Waals surface area contributed by atoms with Gasteiger partial charge in [0.25, 0.3) is 0 Å². The fraction of sp³-hybridized carbons (Fsp3) is 0.500. The standard InChI is InChI=1S/C10H13NOS2/c1-6-10(12)9(11)8(14-6)4-7-2-3-13-5-7/h2-3,5-6,8-9H,4,11H2,1H3. The lowest BCUT2D eigenvalue weighted by molar-refractivity contribution is -0.118. The zero-order valence-electron chi connectivity index (χ0n) is 7.97. The summed E-state index contributed by atoms with van der Waals surface area (Å²) in [6.45, 7) is 1.94. The Hall–Kier alpha value is -0.320. The second-order valence-electron chi connectivity index (χ2n) is 3.58. The summed E-state index contributed by atoms with van der Waals surface area (Å²) in [7, 11) is 0. The molecular formula is C10H13NOS2. The number of ketones is 1. The summed E-state index contributed by atoms with van der Waals surface area (Å²) in [5.41, 5.74) is 7.16. The third-order valence-corrected chi connectivity index (χ3v) is 4.71. The fourth-order valence-corrected chi connectivity index (χ4v) is 3.77. The Kier molecular flexibility index (Phi) is 2.95. The molecule has 1 saturated heterocycles. The summed E-state index contributed by atoms with van der Waals surface area (Å²) >= 11 is 3.40. The molecular weight excluding hydrogens is 214 g/mol. The fourth-order valence-electron chi connectivity index (χ4n) is 1.68. The molecule has 0 spiro atoms. The van der Waals surface area contributed by atoms with Crippen LogP contribution in [0.1, 0.15) is 12.5 Å². The first kappa shape index (κ1) is 10.2. The number of thioether (sulfide) groups is 1. The largest absolute Gasteiger partial charge is 0.321 e. The molecule has 1 aliphatic heterocycles. The van der Waals surface area contributed by atoms with E-state index in [1.54, 1.807) is 23.1 Å². The molecule has 0 aromatic carbocycles. The summed E-state index contributed by atoms with van der Waals surface area (Å²) in [4.78, 5) is 11.5. The van der Waals surface area contributed by atoms with Gasteiger partial charge in [0.05, 0.1) is 11.3 Å². The molecule has 3 unspecified atom stereocenters. The number of rotatable bonds is 2. The van der Waals surface area contributed by atoms with Crippen LogP contribution in [0, 0.1) is 0 Å². The molecule has 14 heavy (non-hydrogen) atoms. The first-order valence-corrected chi connectivity index (χ1v) is 6.53. The van der Waals surface area contributed by atoms with E-state index >= 15 is 0 Å². The van der Waals surface area contributed by atoms with Crippen LogP contribution in [-0.4, -0.2) is 22.3 Å². The average Bonchev–Trinajstić information content (AvgIpc) is 2.73. The monoisotopic (exact) mass is 227 g/mol. The second kappa shape index (κ2) is 4.04. The van der Waals surface area contributed by atoms with Crippen molar-refractivity contribution in [2.24, 2.45) is 5.73 Å². The van der Waals surface area contributed by atoms with E-state index in [0.29, 0.717) is 0 Å². The van der Waals surface area contributed by atoms with Gasteiger partial charge in [0.1, 0.15) is 0 Å². The summed E-state index contributed by atoms with van der Waals surface area (Å²) < 4.78 is 0. The third kappa shape index (κ3) is 1.87. The van der Waals surface area contributed by atoms with Gasteiger partial charge in [-0.05, 0) is 35.7 Å². The number of thiophene rings is 1. The molecule has 4 heteroatoms. The predicted molar refractivity (Wildman–Crippen MR) is 61.8 cm³/mol. The summed E-state index contributed by atoms with van der Waals surface area (Å²) in [5.74, 6) is 0.204. The van der Waals surface area contributed by atoms with Gasteiger partial charge in [-0.25, -0.2) is 0 Å². The zero-order chi connectivity index (χ0) is 10.1. The smallest absolute Gasteiger partial charge is 0.163 e. The van der Waals surface area contributed by atoms with Gasteiger partial charge in [0.2, 0.25) is 0 Å². The van der Waals surface area contributed by atoms with Gasteiger partial charge < -0.3 is 5.73 Å². The van der Waals surface area contributed by atoms with Crippen LogP contribution in [0.4, 0.5) is 0 Å². The molecule has 1 fully saturated rings. The van der Waals surface area contributed by atoms with Gasteiger partial charge in [-0.3, -0.25) is 4.79 Å². The van der Waals surface area contributed by atoms with E-state index in [-0.39, 0.29) is 22.3 Å². The number of hydrogen-bond acceptors (Lipinski definition) is 4. The molecule has 0 radical (unpaired) electrons. The Labute approximate surface area is 91.9 Å². The van der Waals surface area contributed by atoms with Crippen molar-refractivity contribution in [3.63, 3.8) is 0 Å². The number of hydrogen-bond donors (Lipinski definition) is 1. The quantitative estimate of drug-likeness (QED) is 0.836. The maximum Gasteiger partial charge on any atom is 0.163 e. The van der Waals surface area contributed by atoms with Gasteiger partial charge in [0.15, 0.2) is 5.78 Å².